The highest BCUT2D eigenvalue weighted by Crippen LogP contribution is 2.35. The van der Waals surface area contributed by atoms with Gasteiger partial charge in [0.15, 0.2) is 6.10 Å². The molecule has 0 aliphatic carbocycles. The van der Waals surface area contributed by atoms with Crippen LogP contribution in [0, 0.1) is 0 Å². The second-order valence-electron chi connectivity index (χ2n) is 3.57. The van der Waals surface area contributed by atoms with Crippen LogP contribution in [0.3, 0.4) is 0 Å². The van der Waals surface area contributed by atoms with Crippen LogP contribution in [0.4, 0.5) is 0 Å². The van der Waals surface area contributed by atoms with Crippen LogP contribution in [0.5, 0.6) is 0 Å². The van der Waals surface area contributed by atoms with Crippen molar-refractivity contribution >= 4 is 5.97 Å². The van der Waals surface area contributed by atoms with Gasteiger partial charge in [0.1, 0.15) is 18.8 Å². The van der Waals surface area contributed by atoms with Crippen molar-refractivity contribution in [3.8, 4) is 0 Å². The van der Waals surface area contributed by atoms with Crippen molar-refractivity contribution in [2.24, 2.45) is 0 Å². The minimum atomic E-state index is -1.83. The summed E-state index contributed by atoms with van der Waals surface area (Å²) in [5, 5.41) is 19.3. The highest BCUT2D eigenvalue weighted by molar-refractivity contribution is 5.81. The SMILES string of the molecule is C=CC(=O)O[C@@]1(O)CO[C@@H]2[C@H](O)CO[C@@H]21. The van der Waals surface area contributed by atoms with E-state index in [-0.39, 0.29) is 13.2 Å². The number of hydrogen-bond donors (Lipinski definition) is 2. The molecule has 0 amide bonds. The zero-order valence-electron chi connectivity index (χ0n) is 7.96. The van der Waals surface area contributed by atoms with Crippen molar-refractivity contribution in [2.75, 3.05) is 13.2 Å². The molecule has 2 fully saturated rings. The van der Waals surface area contributed by atoms with Gasteiger partial charge in [-0.25, -0.2) is 4.79 Å². The number of esters is 1. The van der Waals surface area contributed by atoms with Gasteiger partial charge >= 0.3 is 5.97 Å². The Bertz CT molecular complexity index is 290. The first kappa shape index (κ1) is 10.6. The Morgan fingerprint density at radius 3 is 3.00 bits per heavy atom. The largest absolute Gasteiger partial charge is 0.424 e. The van der Waals surface area contributed by atoms with E-state index in [4.69, 9.17) is 14.2 Å². The Balaban J connectivity index is 2.10. The van der Waals surface area contributed by atoms with E-state index in [0.29, 0.717) is 0 Å². The number of hydrogen-bond acceptors (Lipinski definition) is 6. The Morgan fingerprint density at radius 2 is 2.33 bits per heavy atom. The van der Waals surface area contributed by atoms with E-state index in [1.54, 1.807) is 0 Å². The number of ether oxygens (including phenoxy) is 3. The second kappa shape index (κ2) is 3.57. The van der Waals surface area contributed by atoms with Crippen molar-refractivity contribution < 1.29 is 29.2 Å². The van der Waals surface area contributed by atoms with Crippen LogP contribution in [0.2, 0.25) is 0 Å². The lowest BCUT2D eigenvalue weighted by atomic mass is 10.1. The molecular formula is C9H12O6. The fourth-order valence-electron chi connectivity index (χ4n) is 1.78. The van der Waals surface area contributed by atoms with E-state index in [9.17, 15) is 15.0 Å². The van der Waals surface area contributed by atoms with Crippen LogP contribution in [0.25, 0.3) is 0 Å². The molecule has 2 saturated heterocycles. The van der Waals surface area contributed by atoms with Gasteiger partial charge in [-0.2, -0.15) is 0 Å². The molecule has 0 aromatic carbocycles. The zero-order valence-corrected chi connectivity index (χ0v) is 7.96. The smallest absolute Gasteiger partial charge is 0.332 e. The predicted molar refractivity (Wildman–Crippen MR) is 46.7 cm³/mol. The van der Waals surface area contributed by atoms with Gasteiger partial charge in [0.05, 0.1) is 6.61 Å². The molecule has 2 rings (SSSR count). The van der Waals surface area contributed by atoms with Crippen LogP contribution < -0.4 is 0 Å². The maximum absolute atomic E-state index is 11.0. The van der Waals surface area contributed by atoms with Crippen LogP contribution in [-0.4, -0.2) is 53.5 Å². The van der Waals surface area contributed by atoms with Gasteiger partial charge in [-0.15, -0.1) is 0 Å². The molecule has 6 nitrogen and oxygen atoms in total. The molecule has 0 aromatic heterocycles. The second-order valence-corrected chi connectivity index (χ2v) is 3.57. The van der Waals surface area contributed by atoms with E-state index < -0.39 is 30.1 Å². The summed E-state index contributed by atoms with van der Waals surface area (Å²) in [5.41, 5.74) is 0. The molecule has 2 heterocycles. The van der Waals surface area contributed by atoms with Gasteiger partial charge in [0, 0.05) is 6.08 Å². The fraction of sp³-hybridized carbons (Fsp3) is 0.667. The standard InChI is InChI=1S/C9H12O6/c1-2-6(11)15-9(12)4-14-7-5(10)3-13-8(7)9/h2,5,7-8,10,12H,1,3-4H2/t5-,7-,8+,9+/m1/s1. The lowest BCUT2D eigenvalue weighted by molar-refractivity contribution is -0.233. The third-order valence-corrected chi connectivity index (χ3v) is 2.50. The molecule has 4 atom stereocenters. The van der Waals surface area contributed by atoms with Crippen LogP contribution >= 0.6 is 0 Å². The Hall–Kier alpha value is -0.950. The number of aliphatic hydroxyl groups is 2. The van der Waals surface area contributed by atoms with Crippen molar-refractivity contribution in [1.82, 2.24) is 0 Å². The van der Waals surface area contributed by atoms with Gasteiger partial charge < -0.3 is 24.4 Å². The van der Waals surface area contributed by atoms with Gasteiger partial charge in [-0.05, 0) is 0 Å². The summed E-state index contributed by atoms with van der Waals surface area (Å²) < 4.78 is 15.0. The Kier molecular flexibility index (Phi) is 2.51. The quantitative estimate of drug-likeness (QED) is 0.334. The average molecular weight is 216 g/mol. The molecule has 0 aromatic rings. The van der Waals surface area contributed by atoms with Crippen molar-refractivity contribution in [3.63, 3.8) is 0 Å². The van der Waals surface area contributed by atoms with Gasteiger partial charge in [-0.3, -0.25) is 0 Å². The van der Waals surface area contributed by atoms with Crippen LogP contribution in [0.1, 0.15) is 0 Å². The van der Waals surface area contributed by atoms with Gasteiger partial charge in [0.2, 0.25) is 0 Å². The highest BCUT2D eigenvalue weighted by Gasteiger charge is 2.58. The third-order valence-electron chi connectivity index (χ3n) is 2.50. The van der Waals surface area contributed by atoms with E-state index in [0.717, 1.165) is 6.08 Å². The van der Waals surface area contributed by atoms with Gasteiger partial charge in [0.25, 0.3) is 5.79 Å². The minimum Gasteiger partial charge on any atom is -0.424 e. The molecule has 0 bridgehead atoms. The molecule has 0 radical (unpaired) electrons. The first-order valence-corrected chi connectivity index (χ1v) is 4.56. The minimum absolute atomic E-state index is 0.0588. The zero-order chi connectivity index (χ0) is 11.1. The number of carbonyl (C=O) groups excluding carboxylic acids is 1. The van der Waals surface area contributed by atoms with E-state index in [2.05, 4.69) is 6.58 Å². The lowest BCUT2D eigenvalue weighted by Crippen LogP contribution is -2.47. The molecule has 2 N–H and O–H groups in total. The number of aliphatic hydroxyl groups excluding tert-OH is 1. The summed E-state index contributed by atoms with van der Waals surface area (Å²) in [4.78, 5) is 11.0. The average Bonchev–Trinajstić information content (AvgIpc) is 2.71. The summed E-state index contributed by atoms with van der Waals surface area (Å²) in [6.07, 6.45) is -1.34. The first-order valence-electron chi connectivity index (χ1n) is 4.56. The van der Waals surface area contributed by atoms with Crippen LogP contribution in [-0.2, 0) is 19.0 Å². The molecule has 84 valence electrons. The topological polar surface area (TPSA) is 85.2 Å². The molecule has 15 heavy (non-hydrogen) atoms. The summed E-state index contributed by atoms with van der Waals surface area (Å²) in [5.74, 6) is -2.58. The molecule has 2 aliphatic heterocycles. The fourth-order valence-corrected chi connectivity index (χ4v) is 1.78. The molecule has 2 aliphatic rings. The molecule has 6 heteroatoms. The summed E-state index contributed by atoms with van der Waals surface area (Å²) in [7, 11) is 0. The van der Waals surface area contributed by atoms with Crippen molar-refractivity contribution in [1.29, 1.82) is 0 Å². The normalized spacial score (nSPS) is 43.7. The summed E-state index contributed by atoms with van der Waals surface area (Å²) >= 11 is 0. The number of fused-ring (bicyclic) bond motifs is 1. The first-order chi connectivity index (χ1) is 7.07. The van der Waals surface area contributed by atoms with E-state index in [1.165, 1.54) is 0 Å². The third kappa shape index (κ3) is 1.65. The highest BCUT2D eigenvalue weighted by atomic mass is 16.7. The Labute approximate surface area is 86.0 Å². The number of rotatable bonds is 2. The van der Waals surface area contributed by atoms with E-state index in [1.807, 2.05) is 0 Å². The van der Waals surface area contributed by atoms with E-state index >= 15 is 0 Å². The maximum Gasteiger partial charge on any atom is 0.332 e. The van der Waals surface area contributed by atoms with Crippen molar-refractivity contribution in [2.45, 2.75) is 24.1 Å². The molecule has 0 unspecified atom stereocenters. The predicted octanol–water partition coefficient (Wildman–Crippen LogP) is -1.44. The molecule has 0 saturated carbocycles. The maximum atomic E-state index is 11.0. The summed E-state index contributed by atoms with van der Waals surface area (Å²) in [6, 6.07) is 0. The van der Waals surface area contributed by atoms with Gasteiger partial charge in [-0.1, -0.05) is 6.58 Å². The monoisotopic (exact) mass is 216 g/mol. The summed E-state index contributed by atoms with van der Waals surface area (Å²) in [6.45, 7) is 3.07. The number of carbonyl (C=O) groups is 1. The molecule has 0 spiro atoms. The lowest BCUT2D eigenvalue weighted by Gasteiger charge is -2.25. The van der Waals surface area contributed by atoms with Crippen molar-refractivity contribution in [3.05, 3.63) is 12.7 Å². The van der Waals surface area contributed by atoms with Crippen LogP contribution in [0.15, 0.2) is 12.7 Å². The molecular weight excluding hydrogens is 204 g/mol. The Morgan fingerprint density at radius 1 is 1.60 bits per heavy atom.